The van der Waals surface area contributed by atoms with Gasteiger partial charge in [0.25, 0.3) is 0 Å². The third-order valence-electron chi connectivity index (χ3n) is 18.7. The Labute approximate surface area is 474 Å². The summed E-state index contributed by atoms with van der Waals surface area (Å²) in [6, 6.07) is 94.5. The van der Waals surface area contributed by atoms with Gasteiger partial charge in [0.1, 0.15) is 0 Å². The Hall–Kier alpha value is -8.46. The molecule has 0 fully saturated rings. The van der Waals surface area contributed by atoms with Crippen molar-refractivity contribution in [2.75, 3.05) is 9.80 Å². The van der Waals surface area contributed by atoms with E-state index in [9.17, 15) is 0 Å². The first-order chi connectivity index (χ1) is 39.6. The Morgan fingerprint density at radius 2 is 0.775 bits per heavy atom. The minimum absolute atomic E-state index is 0.155. The summed E-state index contributed by atoms with van der Waals surface area (Å²) in [6.45, 7) is 2.35. The first-order valence-electron chi connectivity index (χ1n) is 29.9. The Balaban J connectivity index is 0.877. The second-order valence-electron chi connectivity index (χ2n) is 23.1. The molecular formula is C78H70N2. The van der Waals surface area contributed by atoms with Crippen molar-refractivity contribution in [1.29, 1.82) is 0 Å². The molecule has 0 aromatic heterocycles. The van der Waals surface area contributed by atoms with Crippen LogP contribution in [0.25, 0.3) is 43.8 Å². The minimum atomic E-state index is -0.205. The third kappa shape index (κ3) is 8.54. The number of anilines is 6. The van der Waals surface area contributed by atoms with Gasteiger partial charge in [-0.2, -0.15) is 0 Å². The lowest BCUT2D eigenvalue weighted by Crippen LogP contribution is -2.28. The molecule has 3 aliphatic rings. The van der Waals surface area contributed by atoms with Crippen molar-refractivity contribution in [2.45, 2.75) is 101 Å². The average Bonchev–Trinajstić information content (AvgIpc) is 3.57. The average molecular weight is 1040 g/mol. The van der Waals surface area contributed by atoms with Crippen molar-refractivity contribution in [3.05, 3.63) is 288 Å². The quantitative estimate of drug-likeness (QED) is 0.0745. The standard InChI is InChI=1S/C78H70N2/c1-2-3-4-21-50-77(51-22-5-6-23-52-78(60-45-44-56-42-43-59(56)53-60)71-38-19-17-36-67(71)68-37-18-20-39-72(68)78)73-54-63(79(61-30-9-7-10-31-61)75-40-24-28-57-26-13-15-34-65(57)75)46-48-69(73)70-49-47-64(55-74(70)77)80(62-32-11-8-12-33-62)76-41-25-29-58-27-14-16-35-66(58)76/h7-20,24-41,44-49,53-55H,2-6,21-23,42-43,50-52H2,1H3. The van der Waals surface area contributed by atoms with E-state index >= 15 is 0 Å². The van der Waals surface area contributed by atoms with Crippen molar-refractivity contribution in [2.24, 2.45) is 0 Å². The van der Waals surface area contributed by atoms with Crippen molar-refractivity contribution < 1.29 is 0 Å². The Morgan fingerprint density at radius 1 is 0.325 bits per heavy atom. The predicted octanol–water partition coefficient (Wildman–Crippen LogP) is 21.6. The smallest absolute Gasteiger partial charge is 0.0540 e. The third-order valence-corrected chi connectivity index (χ3v) is 18.7. The fourth-order valence-corrected chi connectivity index (χ4v) is 14.8. The first kappa shape index (κ1) is 49.8. The molecule has 392 valence electrons. The summed E-state index contributed by atoms with van der Waals surface area (Å²) in [5.41, 5.74) is 22.8. The molecule has 14 rings (SSSR count). The van der Waals surface area contributed by atoms with Gasteiger partial charge in [0.15, 0.2) is 0 Å². The Kier molecular flexibility index (Phi) is 13.3. The van der Waals surface area contributed by atoms with E-state index in [1.165, 1.54) is 169 Å². The number of unbranched alkanes of at least 4 members (excludes halogenated alkanes) is 6. The second kappa shape index (κ2) is 21.3. The topological polar surface area (TPSA) is 6.48 Å². The van der Waals surface area contributed by atoms with Gasteiger partial charge in [0, 0.05) is 44.4 Å². The summed E-state index contributed by atoms with van der Waals surface area (Å²) in [5.74, 6) is 0. The monoisotopic (exact) mass is 1030 g/mol. The van der Waals surface area contributed by atoms with Crippen LogP contribution in [0.2, 0.25) is 0 Å². The van der Waals surface area contributed by atoms with Gasteiger partial charge in [-0.1, -0.05) is 246 Å². The largest absolute Gasteiger partial charge is 0.310 e. The number of rotatable bonds is 19. The van der Waals surface area contributed by atoms with E-state index in [0.717, 1.165) is 25.7 Å². The molecule has 3 aliphatic carbocycles. The molecule has 0 heterocycles. The SMILES string of the molecule is CCCCCCC1(CCCCCCC2(c3ccc4c(c3)CC4)c3ccccc3-c3ccccc32)c2cc(N(c3ccccc3)c3cccc4ccccc34)ccc2-c2ccc(N(c3ccccc3)c3cccc4ccccc34)cc21. The van der Waals surface area contributed by atoms with Crippen LogP contribution in [0.4, 0.5) is 34.1 Å². The van der Waals surface area contributed by atoms with Crippen LogP contribution < -0.4 is 9.80 Å². The van der Waals surface area contributed by atoms with Crippen LogP contribution in [0, 0.1) is 0 Å². The summed E-state index contributed by atoms with van der Waals surface area (Å²) in [4.78, 5) is 5.04. The molecular weight excluding hydrogens is 965 g/mol. The van der Waals surface area contributed by atoms with E-state index in [2.05, 4.69) is 265 Å². The van der Waals surface area contributed by atoms with E-state index in [0.29, 0.717) is 0 Å². The molecule has 0 saturated carbocycles. The summed E-state index contributed by atoms with van der Waals surface area (Å²) in [6.07, 6.45) is 15.3. The molecule has 2 heteroatoms. The van der Waals surface area contributed by atoms with E-state index in [4.69, 9.17) is 0 Å². The molecule has 0 bridgehead atoms. The number of fused-ring (bicyclic) bond motifs is 9. The zero-order chi connectivity index (χ0) is 53.5. The van der Waals surface area contributed by atoms with Crippen molar-refractivity contribution in [3.63, 3.8) is 0 Å². The van der Waals surface area contributed by atoms with Crippen LogP contribution in [0.3, 0.4) is 0 Å². The number of hydrogen-bond donors (Lipinski definition) is 0. The molecule has 0 unspecified atom stereocenters. The molecule has 80 heavy (non-hydrogen) atoms. The Morgan fingerprint density at radius 3 is 1.29 bits per heavy atom. The zero-order valence-corrected chi connectivity index (χ0v) is 46.3. The predicted molar refractivity (Wildman–Crippen MR) is 339 cm³/mol. The van der Waals surface area contributed by atoms with Gasteiger partial charge in [-0.3, -0.25) is 0 Å². The van der Waals surface area contributed by atoms with Crippen LogP contribution in [-0.4, -0.2) is 0 Å². The van der Waals surface area contributed by atoms with Gasteiger partial charge in [-0.25, -0.2) is 0 Å². The van der Waals surface area contributed by atoms with Crippen LogP contribution in [-0.2, 0) is 23.7 Å². The fourth-order valence-electron chi connectivity index (χ4n) is 14.8. The highest BCUT2D eigenvalue weighted by atomic mass is 15.1. The van der Waals surface area contributed by atoms with Crippen LogP contribution >= 0.6 is 0 Å². The number of para-hydroxylation sites is 2. The minimum Gasteiger partial charge on any atom is -0.310 e. The molecule has 11 aromatic rings. The van der Waals surface area contributed by atoms with Gasteiger partial charge in [-0.05, 0) is 165 Å². The van der Waals surface area contributed by atoms with Crippen molar-refractivity contribution in [1.82, 2.24) is 0 Å². The molecule has 11 aromatic carbocycles. The molecule has 0 radical (unpaired) electrons. The van der Waals surface area contributed by atoms with Gasteiger partial charge in [0.2, 0.25) is 0 Å². The van der Waals surface area contributed by atoms with Gasteiger partial charge < -0.3 is 9.80 Å². The van der Waals surface area contributed by atoms with E-state index in [1.54, 1.807) is 5.56 Å². The maximum absolute atomic E-state index is 2.62. The highest BCUT2D eigenvalue weighted by Gasteiger charge is 2.46. The van der Waals surface area contributed by atoms with Crippen LogP contribution in [0.5, 0.6) is 0 Å². The number of hydrogen-bond acceptors (Lipinski definition) is 2. The number of aryl methyl sites for hydroxylation is 2. The van der Waals surface area contributed by atoms with E-state index in [1.807, 2.05) is 0 Å². The summed E-state index contributed by atoms with van der Waals surface area (Å²) < 4.78 is 0. The lowest BCUT2D eigenvalue weighted by Gasteiger charge is -2.36. The molecule has 0 N–H and O–H groups in total. The van der Waals surface area contributed by atoms with E-state index < -0.39 is 0 Å². The molecule has 0 aliphatic heterocycles. The highest BCUT2D eigenvalue weighted by molar-refractivity contribution is 6.01. The zero-order valence-electron chi connectivity index (χ0n) is 46.3. The van der Waals surface area contributed by atoms with Gasteiger partial charge >= 0.3 is 0 Å². The fraction of sp³-hybridized carbons (Fsp3) is 0.205. The van der Waals surface area contributed by atoms with Crippen LogP contribution in [0.1, 0.15) is 116 Å². The maximum atomic E-state index is 2.62. The number of nitrogens with zero attached hydrogens (tertiary/aromatic N) is 2. The number of benzene rings is 11. The first-order valence-corrected chi connectivity index (χ1v) is 29.9. The van der Waals surface area contributed by atoms with Gasteiger partial charge in [-0.15, -0.1) is 0 Å². The van der Waals surface area contributed by atoms with Crippen LogP contribution in [0.15, 0.2) is 249 Å². The molecule has 0 saturated heterocycles. The van der Waals surface area contributed by atoms with Crippen molar-refractivity contribution >= 4 is 55.7 Å². The molecule has 0 amide bonds. The summed E-state index contributed by atoms with van der Waals surface area (Å²) in [7, 11) is 0. The van der Waals surface area contributed by atoms with Gasteiger partial charge in [0.05, 0.1) is 11.4 Å². The normalized spacial score (nSPS) is 14.0. The lowest BCUT2D eigenvalue weighted by atomic mass is 9.67. The van der Waals surface area contributed by atoms with Crippen molar-refractivity contribution in [3.8, 4) is 22.3 Å². The highest BCUT2D eigenvalue weighted by Crippen LogP contribution is 2.59. The molecule has 2 nitrogen and oxygen atoms in total. The summed E-state index contributed by atoms with van der Waals surface area (Å²) in [5, 5.41) is 4.99. The second-order valence-corrected chi connectivity index (χ2v) is 23.1. The lowest BCUT2D eigenvalue weighted by molar-refractivity contribution is 0.397. The Bertz CT molecular complexity index is 3810. The maximum Gasteiger partial charge on any atom is 0.0540 e. The van der Waals surface area contributed by atoms with E-state index in [-0.39, 0.29) is 10.8 Å². The molecule has 0 spiro atoms. The summed E-state index contributed by atoms with van der Waals surface area (Å²) >= 11 is 0. The molecule has 0 atom stereocenters.